The number of phosphoric ester groups is 1. The zero-order valence-electron chi connectivity index (χ0n) is 36.8. The Kier molecular flexibility index (Phi) is 43.9. The highest BCUT2D eigenvalue weighted by Gasteiger charge is 2.25. The smallest absolute Gasteiger partial charge is 0.457 e. The van der Waals surface area contributed by atoms with Gasteiger partial charge in [-0.15, -0.1) is 0 Å². The van der Waals surface area contributed by atoms with Gasteiger partial charge in [0.05, 0.1) is 19.8 Å². The van der Waals surface area contributed by atoms with Crippen molar-refractivity contribution >= 4 is 13.8 Å². The van der Waals surface area contributed by atoms with Crippen molar-refractivity contribution in [2.45, 2.75) is 206 Å². The van der Waals surface area contributed by atoms with Crippen LogP contribution in [0.1, 0.15) is 200 Å². The quantitative estimate of drug-likeness (QED) is 0.0270. The number of allylic oxidation sites excluding steroid dienone is 10. The third-order valence-electron chi connectivity index (χ3n) is 9.67. The molecular weight excluding hydrogens is 734 g/mol. The number of ether oxygens (including phenoxy) is 2. The van der Waals surface area contributed by atoms with E-state index in [1.54, 1.807) is 0 Å². The summed E-state index contributed by atoms with van der Waals surface area (Å²) in [5.41, 5.74) is 5.38. The van der Waals surface area contributed by atoms with Gasteiger partial charge in [0.1, 0.15) is 6.10 Å². The Morgan fingerprint density at radius 2 is 0.982 bits per heavy atom. The molecule has 0 aromatic rings. The minimum Gasteiger partial charge on any atom is -0.457 e. The van der Waals surface area contributed by atoms with Gasteiger partial charge in [0.25, 0.3) is 0 Å². The van der Waals surface area contributed by atoms with E-state index in [0.717, 1.165) is 64.2 Å². The van der Waals surface area contributed by atoms with Crippen molar-refractivity contribution in [2.75, 3.05) is 33.0 Å². The minimum atomic E-state index is -4.29. The molecule has 332 valence electrons. The molecule has 2 unspecified atom stereocenters. The van der Waals surface area contributed by atoms with Gasteiger partial charge < -0.3 is 20.1 Å². The van der Waals surface area contributed by atoms with E-state index < -0.39 is 13.9 Å². The molecule has 9 heteroatoms. The van der Waals surface area contributed by atoms with Gasteiger partial charge >= 0.3 is 13.8 Å². The molecular formula is C48H88NO7P. The molecule has 0 heterocycles. The zero-order chi connectivity index (χ0) is 41.6. The first-order chi connectivity index (χ1) is 27.9. The molecule has 0 saturated carbocycles. The second kappa shape index (κ2) is 45.3. The molecule has 3 N–H and O–H groups in total. The van der Waals surface area contributed by atoms with E-state index in [9.17, 15) is 14.3 Å². The molecule has 0 spiro atoms. The lowest BCUT2D eigenvalue weighted by Gasteiger charge is -2.20. The Bertz CT molecular complexity index is 1060. The Morgan fingerprint density at radius 1 is 0.544 bits per heavy atom. The van der Waals surface area contributed by atoms with Crippen LogP contribution in [0.2, 0.25) is 0 Å². The summed E-state index contributed by atoms with van der Waals surface area (Å²) >= 11 is 0. The monoisotopic (exact) mass is 822 g/mol. The van der Waals surface area contributed by atoms with Crippen LogP contribution in [-0.4, -0.2) is 49.9 Å². The number of unbranched alkanes of at least 4 members (excludes halogenated alkanes) is 21. The molecule has 0 aromatic heterocycles. The van der Waals surface area contributed by atoms with E-state index >= 15 is 0 Å². The Labute approximate surface area is 351 Å². The van der Waals surface area contributed by atoms with E-state index in [4.69, 9.17) is 24.3 Å². The average Bonchev–Trinajstić information content (AvgIpc) is 3.20. The summed E-state index contributed by atoms with van der Waals surface area (Å²) in [5, 5.41) is 0. The number of hydrogen-bond donors (Lipinski definition) is 2. The van der Waals surface area contributed by atoms with Crippen molar-refractivity contribution in [2.24, 2.45) is 5.73 Å². The third kappa shape index (κ3) is 45.1. The lowest BCUT2D eigenvalue weighted by Crippen LogP contribution is -2.28. The van der Waals surface area contributed by atoms with Crippen LogP contribution in [0.25, 0.3) is 0 Å². The van der Waals surface area contributed by atoms with Gasteiger partial charge in [-0.3, -0.25) is 13.8 Å². The van der Waals surface area contributed by atoms with E-state index in [0.29, 0.717) is 13.0 Å². The molecule has 8 nitrogen and oxygen atoms in total. The molecule has 0 amide bonds. The number of rotatable bonds is 44. The molecule has 0 aliphatic rings. The fourth-order valence-corrected chi connectivity index (χ4v) is 7.04. The van der Waals surface area contributed by atoms with Gasteiger partial charge in [0, 0.05) is 19.6 Å². The van der Waals surface area contributed by atoms with Crippen LogP contribution < -0.4 is 5.73 Å². The predicted octanol–water partition coefficient (Wildman–Crippen LogP) is 14.1. The van der Waals surface area contributed by atoms with Gasteiger partial charge in [-0.2, -0.15) is 0 Å². The zero-order valence-corrected chi connectivity index (χ0v) is 37.7. The Balaban J connectivity index is 4.03. The predicted molar refractivity (Wildman–Crippen MR) is 242 cm³/mol. The molecule has 0 bridgehead atoms. The maximum atomic E-state index is 12.6. The van der Waals surface area contributed by atoms with E-state index in [1.807, 2.05) is 0 Å². The fourth-order valence-electron chi connectivity index (χ4n) is 6.28. The molecule has 0 aliphatic heterocycles. The van der Waals surface area contributed by atoms with Crippen molar-refractivity contribution in [3.05, 3.63) is 60.8 Å². The van der Waals surface area contributed by atoms with Gasteiger partial charge in [-0.05, 0) is 77.0 Å². The van der Waals surface area contributed by atoms with Gasteiger partial charge in [0.15, 0.2) is 0 Å². The highest BCUT2D eigenvalue weighted by molar-refractivity contribution is 7.47. The minimum absolute atomic E-state index is 0.0958. The van der Waals surface area contributed by atoms with Crippen molar-refractivity contribution in [3.63, 3.8) is 0 Å². The summed E-state index contributed by atoms with van der Waals surface area (Å²) < 4.78 is 33.5. The molecule has 0 fully saturated rings. The molecule has 0 saturated heterocycles. The largest absolute Gasteiger partial charge is 0.472 e. The van der Waals surface area contributed by atoms with Crippen LogP contribution in [-0.2, 0) is 27.9 Å². The average molecular weight is 822 g/mol. The first-order valence-electron chi connectivity index (χ1n) is 23.3. The first kappa shape index (κ1) is 55.2. The number of carbonyl (C=O) groups excluding carboxylic acids is 1. The van der Waals surface area contributed by atoms with E-state index in [1.165, 1.54) is 116 Å². The topological polar surface area (TPSA) is 117 Å². The number of phosphoric acid groups is 1. The van der Waals surface area contributed by atoms with Crippen molar-refractivity contribution in [1.29, 1.82) is 0 Å². The third-order valence-corrected chi connectivity index (χ3v) is 10.7. The maximum Gasteiger partial charge on any atom is 0.472 e. The van der Waals surface area contributed by atoms with Gasteiger partial charge in [-0.25, -0.2) is 4.57 Å². The highest BCUT2D eigenvalue weighted by Crippen LogP contribution is 2.43. The molecule has 0 aromatic carbocycles. The van der Waals surface area contributed by atoms with Crippen LogP contribution in [0.3, 0.4) is 0 Å². The lowest BCUT2D eigenvalue weighted by atomic mass is 10.1. The van der Waals surface area contributed by atoms with E-state index in [-0.39, 0.29) is 32.3 Å². The summed E-state index contributed by atoms with van der Waals surface area (Å²) in [6, 6.07) is 0. The molecule has 0 aliphatic carbocycles. The maximum absolute atomic E-state index is 12.6. The normalized spacial score (nSPS) is 14.0. The van der Waals surface area contributed by atoms with Crippen LogP contribution in [0.15, 0.2) is 60.8 Å². The molecule has 2 atom stereocenters. The highest BCUT2D eigenvalue weighted by atomic mass is 31.2. The van der Waals surface area contributed by atoms with Crippen LogP contribution in [0.4, 0.5) is 0 Å². The summed E-state index contributed by atoms with van der Waals surface area (Å²) in [4.78, 5) is 22.5. The van der Waals surface area contributed by atoms with Gasteiger partial charge in [0.2, 0.25) is 0 Å². The summed E-state index contributed by atoms with van der Waals surface area (Å²) in [7, 11) is -4.29. The van der Waals surface area contributed by atoms with Crippen molar-refractivity contribution in [1.82, 2.24) is 0 Å². The summed E-state index contributed by atoms with van der Waals surface area (Å²) in [5.74, 6) is -0.341. The van der Waals surface area contributed by atoms with Crippen LogP contribution in [0, 0.1) is 0 Å². The Hall–Kier alpha value is -1.80. The first-order valence-corrected chi connectivity index (χ1v) is 24.8. The number of hydrogen-bond acceptors (Lipinski definition) is 7. The van der Waals surface area contributed by atoms with Crippen molar-refractivity contribution in [3.8, 4) is 0 Å². The SMILES string of the molecule is CC/C=C\C/C=C\C/C=C\C/C=C\CCCCCCCCCCC(=O)OC(COCCCCCCCC/C=C\CCCCCCCCC)COP(=O)(O)OCCN. The number of nitrogens with two attached hydrogens (primary N) is 1. The van der Waals surface area contributed by atoms with Gasteiger partial charge in [-0.1, -0.05) is 177 Å². The second-order valence-electron chi connectivity index (χ2n) is 15.2. The van der Waals surface area contributed by atoms with Crippen molar-refractivity contribution < 1.29 is 32.8 Å². The van der Waals surface area contributed by atoms with Crippen LogP contribution >= 0.6 is 7.82 Å². The number of carbonyl (C=O) groups is 1. The summed E-state index contributed by atoms with van der Waals surface area (Å²) in [6.45, 7) is 4.79. The van der Waals surface area contributed by atoms with E-state index in [2.05, 4.69) is 74.6 Å². The summed E-state index contributed by atoms with van der Waals surface area (Å²) in [6.07, 6.45) is 55.2. The Morgan fingerprint density at radius 3 is 1.49 bits per heavy atom. The molecule has 0 rings (SSSR count). The van der Waals surface area contributed by atoms with Crippen LogP contribution in [0.5, 0.6) is 0 Å². The molecule has 0 radical (unpaired) electrons. The standard InChI is InChI=1S/C48H88NO7P/c1-3-5-7-9-11-13-15-17-19-21-22-23-24-25-27-29-31-33-35-37-39-41-48(50)56-47(46-55-57(51,52)54-44-42-49)45-53-43-40-38-36-34-32-30-28-26-20-18-16-14-12-10-8-6-4-2/h5,7,11,13,17,19-20,22-23,26,47H,3-4,6,8-10,12,14-16,18,21,24-25,27-46,49H2,1-2H3,(H,51,52)/b7-5-,13-11-,19-17-,23-22-,26-20-. The fraction of sp³-hybridized carbons (Fsp3) is 0.771. The lowest BCUT2D eigenvalue weighted by molar-refractivity contribution is -0.154. The molecule has 57 heavy (non-hydrogen) atoms. The number of esters is 1. The second-order valence-corrected chi connectivity index (χ2v) is 16.7.